The highest BCUT2D eigenvalue weighted by Gasteiger charge is 2.13. The first kappa shape index (κ1) is 14.4. The molecule has 2 nitrogen and oxygen atoms in total. The third kappa shape index (κ3) is 3.53. The van der Waals surface area contributed by atoms with Crippen LogP contribution in [-0.4, -0.2) is 7.11 Å². The molecule has 0 spiro atoms. The van der Waals surface area contributed by atoms with Gasteiger partial charge < -0.3 is 9.47 Å². The third-order valence-electron chi connectivity index (χ3n) is 3.31. The maximum Gasteiger partial charge on any atom is 0.125 e. The number of benzene rings is 2. The van der Waals surface area contributed by atoms with Crippen molar-refractivity contribution in [2.75, 3.05) is 7.11 Å². The minimum atomic E-state index is 0.168. The number of hydrogen-bond donors (Lipinski definition) is 0. The summed E-state index contributed by atoms with van der Waals surface area (Å²) in [6, 6.07) is 16.2. The van der Waals surface area contributed by atoms with Gasteiger partial charge in [0.25, 0.3) is 0 Å². The van der Waals surface area contributed by atoms with Crippen LogP contribution < -0.4 is 9.47 Å². The van der Waals surface area contributed by atoms with Gasteiger partial charge in [0.05, 0.1) is 7.11 Å². The Morgan fingerprint density at radius 2 is 1.55 bits per heavy atom. The minimum Gasteiger partial charge on any atom is -0.496 e. The second kappa shape index (κ2) is 6.00. The second-order valence-electron chi connectivity index (χ2n) is 5.87. The molecule has 2 aromatic carbocycles. The van der Waals surface area contributed by atoms with Crippen molar-refractivity contribution in [1.29, 1.82) is 0 Å². The first-order valence-electron chi connectivity index (χ1n) is 6.86. The van der Waals surface area contributed by atoms with Gasteiger partial charge in [-0.15, -0.1) is 0 Å². The van der Waals surface area contributed by atoms with Gasteiger partial charge >= 0.3 is 0 Å². The van der Waals surface area contributed by atoms with Gasteiger partial charge in [-0.2, -0.15) is 0 Å². The van der Waals surface area contributed by atoms with E-state index < -0.39 is 0 Å². The lowest BCUT2D eigenvalue weighted by molar-refractivity contribution is 0.296. The Hall–Kier alpha value is -1.96. The zero-order valence-electron chi connectivity index (χ0n) is 12.6. The lowest BCUT2D eigenvalue weighted by Gasteiger charge is -2.19. The van der Waals surface area contributed by atoms with E-state index >= 15 is 0 Å². The summed E-state index contributed by atoms with van der Waals surface area (Å²) >= 11 is 0. The lowest BCUT2D eigenvalue weighted by Crippen LogP contribution is -2.10. The normalized spacial score (nSPS) is 11.2. The van der Waals surface area contributed by atoms with Gasteiger partial charge in [-0.3, -0.25) is 0 Å². The number of hydrogen-bond acceptors (Lipinski definition) is 2. The Labute approximate surface area is 121 Å². The van der Waals surface area contributed by atoms with Gasteiger partial charge in [0.1, 0.15) is 18.1 Å². The second-order valence-corrected chi connectivity index (χ2v) is 5.87. The maximum absolute atomic E-state index is 5.82. The Bertz CT molecular complexity index is 550. The molecule has 2 heteroatoms. The Kier molecular flexibility index (Phi) is 4.33. The molecule has 2 rings (SSSR count). The SMILES string of the molecule is COc1ccccc1COc1ccc(C(C)(C)C)cc1. The highest BCUT2D eigenvalue weighted by molar-refractivity contribution is 5.34. The molecule has 0 heterocycles. The molecule has 0 atom stereocenters. The summed E-state index contributed by atoms with van der Waals surface area (Å²) in [7, 11) is 1.68. The van der Waals surface area contributed by atoms with Gasteiger partial charge in [0.15, 0.2) is 0 Å². The largest absolute Gasteiger partial charge is 0.496 e. The van der Waals surface area contributed by atoms with E-state index in [1.54, 1.807) is 7.11 Å². The van der Waals surface area contributed by atoms with E-state index in [2.05, 4.69) is 32.9 Å². The predicted octanol–water partition coefficient (Wildman–Crippen LogP) is 4.57. The van der Waals surface area contributed by atoms with Gasteiger partial charge in [-0.25, -0.2) is 0 Å². The molecule has 0 unspecified atom stereocenters. The Balaban J connectivity index is 2.04. The van der Waals surface area contributed by atoms with E-state index in [9.17, 15) is 0 Å². The van der Waals surface area contributed by atoms with Crippen LogP contribution >= 0.6 is 0 Å². The molecule has 0 bridgehead atoms. The van der Waals surface area contributed by atoms with E-state index in [0.717, 1.165) is 17.1 Å². The summed E-state index contributed by atoms with van der Waals surface area (Å²) < 4.78 is 11.1. The molecule has 0 N–H and O–H groups in total. The molecule has 0 amide bonds. The monoisotopic (exact) mass is 270 g/mol. The van der Waals surface area contributed by atoms with Crippen molar-refractivity contribution >= 4 is 0 Å². The molecule has 0 radical (unpaired) electrons. The molecular weight excluding hydrogens is 248 g/mol. The molecule has 0 saturated heterocycles. The number of para-hydroxylation sites is 1. The molecular formula is C18H22O2. The highest BCUT2D eigenvalue weighted by atomic mass is 16.5. The van der Waals surface area contributed by atoms with Crippen LogP contribution in [0.3, 0.4) is 0 Å². The molecule has 0 aliphatic heterocycles. The van der Waals surface area contributed by atoms with Crippen LogP contribution in [0.25, 0.3) is 0 Å². The van der Waals surface area contributed by atoms with Gasteiger partial charge in [-0.1, -0.05) is 51.1 Å². The van der Waals surface area contributed by atoms with Gasteiger partial charge in [0, 0.05) is 5.56 Å². The Morgan fingerprint density at radius 1 is 0.900 bits per heavy atom. The fraction of sp³-hybridized carbons (Fsp3) is 0.333. The first-order chi connectivity index (χ1) is 9.50. The topological polar surface area (TPSA) is 18.5 Å². The van der Waals surface area contributed by atoms with Crippen LogP contribution in [0.1, 0.15) is 31.9 Å². The summed E-state index contributed by atoms with van der Waals surface area (Å²) in [5.74, 6) is 1.74. The molecule has 0 saturated carbocycles. The van der Waals surface area contributed by atoms with E-state index in [-0.39, 0.29) is 5.41 Å². The predicted molar refractivity (Wildman–Crippen MR) is 82.5 cm³/mol. The summed E-state index contributed by atoms with van der Waals surface area (Å²) in [5.41, 5.74) is 2.53. The quantitative estimate of drug-likeness (QED) is 0.810. The van der Waals surface area contributed by atoms with E-state index in [1.807, 2.05) is 36.4 Å². The summed E-state index contributed by atoms with van der Waals surface area (Å²) in [6.45, 7) is 7.13. The number of ether oxygens (including phenoxy) is 2. The van der Waals surface area contributed by atoms with Gasteiger partial charge in [0.2, 0.25) is 0 Å². The number of rotatable bonds is 4. The summed E-state index contributed by atoms with van der Waals surface area (Å²) in [4.78, 5) is 0. The lowest BCUT2D eigenvalue weighted by atomic mass is 9.87. The van der Waals surface area contributed by atoms with E-state index in [0.29, 0.717) is 6.61 Å². The Morgan fingerprint density at radius 3 is 2.15 bits per heavy atom. The van der Waals surface area contributed by atoms with Gasteiger partial charge in [-0.05, 0) is 29.2 Å². The zero-order chi connectivity index (χ0) is 14.6. The van der Waals surface area contributed by atoms with Crippen LogP contribution in [0.2, 0.25) is 0 Å². The van der Waals surface area contributed by atoms with Crippen molar-refractivity contribution in [2.45, 2.75) is 32.8 Å². The van der Waals surface area contributed by atoms with Crippen LogP contribution in [0, 0.1) is 0 Å². The standard InChI is InChI=1S/C18H22O2/c1-18(2,3)15-9-11-16(12-10-15)20-13-14-7-5-6-8-17(14)19-4/h5-12H,13H2,1-4H3. The molecule has 106 valence electrons. The molecule has 0 aromatic heterocycles. The maximum atomic E-state index is 5.82. The van der Waals surface area contributed by atoms with Crippen molar-refractivity contribution in [2.24, 2.45) is 0 Å². The molecule has 0 aliphatic rings. The third-order valence-corrected chi connectivity index (χ3v) is 3.31. The van der Waals surface area contributed by atoms with Crippen molar-refractivity contribution in [1.82, 2.24) is 0 Å². The highest BCUT2D eigenvalue weighted by Crippen LogP contribution is 2.25. The van der Waals surface area contributed by atoms with Crippen molar-refractivity contribution in [3.05, 3.63) is 59.7 Å². The van der Waals surface area contributed by atoms with Crippen molar-refractivity contribution < 1.29 is 9.47 Å². The zero-order valence-corrected chi connectivity index (χ0v) is 12.6. The molecule has 20 heavy (non-hydrogen) atoms. The summed E-state index contributed by atoms with van der Waals surface area (Å²) in [5, 5.41) is 0. The van der Waals surface area contributed by atoms with E-state index in [4.69, 9.17) is 9.47 Å². The number of methoxy groups -OCH3 is 1. The first-order valence-corrected chi connectivity index (χ1v) is 6.86. The minimum absolute atomic E-state index is 0.168. The van der Waals surface area contributed by atoms with Crippen LogP contribution in [0.5, 0.6) is 11.5 Å². The average Bonchev–Trinajstić information content (AvgIpc) is 2.45. The van der Waals surface area contributed by atoms with Crippen molar-refractivity contribution in [3.8, 4) is 11.5 Å². The van der Waals surface area contributed by atoms with E-state index in [1.165, 1.54) is 5.56 Å². The molecule has 0 aliphatic carbocycles. The smallest absolute Gasteiger partial charge is 0.125 e. The van der Waals surface area contributed by atoms with Crippen molar-refractivity contribution in [3.63, 3.8) is 0 Å². The fourth-order valence-electron chi connectivity index (χ4n) is 2.03. The van der Waals surface area contributed by atoms with Crippen LogP contribution in [-0.2, 0) is 12.0 Å². The van der Waals surface area contributed by atoms with Crippen LogP contribution in [0.15, 0.2) is 48.5 Å². The summed E-state index contributed by atoms with van der Waals surface area (Å²) in [6.07, 6.45) is 0. The molecule has 2 aromatic rings. The fourth-order valence-corrected chi connectivity index (χ4v) is 2.03. The average molecular weight is 270 g/mol. The van der Waals surface area contributed by atoms with Crippen LogP contribution in [0.4, 0.5) is 0 Å². The molecule has 0 fully saturated rings.